The van der Waals surface area contributed by atoms with E-state index in [1.807, 2.05) is 0 Å². The number of carbonyl (C=O) groups is 1. The van der Waals surface area contributed by atoms with Gasteiger partial charge in [0.2, 0.25) is 0 Å². The summed E-state index contributed by atoms with van der Waals surface area (Å²) in [7, 11) is 0. The Kier molecular flexibility index (Phi) is 12.0. The molecule has 0 amide bonds. The van der Waals surface area contributed by atoms with Crippen LogP contribution < -0.4 is 10.1 Å². The Labute approximate surface area is 250 Å². The Balaban J connectivity index is 0.000000541. The number of fused-ring (bicyclic) bond motifs is 1. The predicted molar refractivity (Wildman–Crippen MR) is 162 cm³/mol. The lowest BCUT2D eigenvalue weighted by Crippen LogP contribution is -2.40. The van der Waals surface area contributed by atoms with E-state index in [1.165, 1.54) is 40.3 Å². The van der Waals surface area contributed by atoms with Crippen molar-refractivity contribution in [1.29, 1.82) is 0 Å². The van der Waals surface area contributed by atoms with E-state index < -0.39 is 12.1 Å². The number of ether oxygens (including phenoxy) is 2. The van der Waals surface area contributed by atoms with Crippen molar-refractivity contribution in [3.8, 4) is 5.75 Å². The van der Waals surface area contributed by atoms with Crippen LogP contribution in [-0.4, -0.2) is 43.1 Å². The molecule has 228 valence electrons. The molecule has 43 heavy (non-hydrogen) atoms. The van der Waals surface area contributed by atoms with Gasteiger partial charge in [-0.2, -0.15) is 13.2 Å². The molecule has 2 N–H and O–H groups in total. The molecule has 0 saturated carbocycles. The zero-order chi connectivity index (χ0) is 30.5. The van der Waals surface area contributed by atoms with Crippen LogP contribution >= 0.6 is 0 Å². The molecule has 4 aromatic carbocycles. The first-order chi connectivity index (χ1) is 20.8. The van der Waals surface area contributed by atoms with E-state index in [2.05, 4.69) is 102 Å². The molecular formula is C35H38F3NO4. The molecule has 1 fully saturated rings. The van der Waals surface area contributed by atoms with Crippen molar-refractivity contribution < 1.29 is 32.5 Å². The Bertz CT molecular complexity index is 1410. The van der Waals surface area contributed by atoms with E-state index in [4.69, 9.17) is 19.4 Å². The van der Waals surface area contributed by atoms with Crippen LogP contribution in [0.25, 0.3) is 10.8 Å². The van der Waals surface area contributed by atoms with Crippen LogP contribution in [0, 0.1) is 0 Å². The van der Waals surface area contributed by atoms with Crippen molar-refractivity contribution in [3.63, 3.8) is 0 Å². The molecule has 4 aromatic rings. The minimum absolute atomic E-state index is 0.168. The average Bonchev–Trinajstić information content (AvgIpc) is 3.02. The van der Waals surface area contributed by atoms with Gasteiger partial charge in [0, 0.05) is 12.5 Å². The SMILES string of the molecule is O=C(O)C(F)(F)F.c1ccc(CCCCCOc2ccc(C3CCNCC3OCc3ccc4ccccc4c3)cc2)cc1. The summed E-state index contributed by atoms with van der Waals surface area (Å²) in [6, 6.07) is 34.5. The summed E-state index contributed by atoms with van der Waals surface area (Å²) < 4.78 is 44.2. The third-order valence-corrected chi connectivity index (χ3v) is 7.48. The lowest BCUT2D eigenvalue weighted by atomic mass is 9.87. The molecule has 5 rings (SSSR count). The Morgan fingerprint density at radius 3 is 2.26 bits per heavy atom. The zero-order valence-electron chi connectivity index (χ0n) is 24.1. The first-order valence-electron chi connectivity index (χ1n) is 14.7. The summed E-state index contributed by atoms with van der Waals surface area (Å²) in [5.41, 5.74) is 3.99. The number of aryl methyl sites for hydroxylation is 1. The molecule has 5 nitrogen and oxygen atoms in total. The molecule has 8 heteroatoms. The molecule has 0 aliphatic carbocycles. The molecule has 2 atom stereocenters. The van der Waals surface area contributed by atoms with Crippen LogP contribution in [0.3, 0.4) is 0 Å². The van der Waals surface area contributed by atoms with E-state index in [-0.39, 0.29) is 6.10 Å². The fourth-order valence-corrected chi connectivity index (χ4v) is 5.17. The second-order valence-corrected chi connectivity index (χ2v) is 10.6. The summed E-state index contributed by atoms with van der Waals surface area (Å²) >= 11 is 0. The molecular weight excluding hydrogens is 555 g/mol. The molecule has 2 unspecified atom stereocenters. The molecule has 0 bridgehead atoms. The van der Waals surface area contributed by atoms with Gasteiger partial charge in [-0.15, -0.1) is 0 Å². The summed E-state index contributed by atoms with van der Waals surface area (Å²) in [4.78, 5) is 8.90. The van der Waals surface area contributed by atoms with Gasteiger partial charge in [0.15, 0.2) is 0 Å². The van der Waals surface area contributed by atoms with Crippen molar-refractivity contribution >= 4 is 16.7 Å². The number of hydrogen-bond donors (Lipinski definition) is 2. The minimum Gasteiger partial charge on any atom is -0.494 e. The fraction of sp³-hybridized carbons (Fsp3) is 0.343. The van der Waals surface area contributed by atoms with Crippen LogP contribution in [0.5, 0.6) is 5.75 Å². The first-order valence-corrected chi connectivity index (χ1v) is 14.7. The Hall–Kier alpha value is -3.88. The van der Waals surface area contributed by atoms with Crippen molar-refractivity contribution in [2.24, 2.45) is 0 Å². The number of alkyl halides is 3. The maximum Gasteiger partial charge on any atom is 0.490 e. The quantitative estimate of drug-likeness (QED) is 0.173. The molecule has 0 spiro atoms. The fourth-order valence-electron chi connectivity index (χ4n) is 5.17. The van der Waals surface area contributed by atoms with Crippen molar-refractivity contribution in [2.75, 3.05) is 19.7 Å². The molecule has 1 aliphatic heterocycles. The van der Waals surface area contributed by atoms with Crippen LogP contribution in [0.15, 0.2) is 97.1 Å². The molecule has 0 aromatic heterocycles. The van der Waals surface area contributed by atoms with Gasteiger partial charge in [-0.05, 0) is 84.3 Å². The van der Waals surface area contributed by atoms with Gasteiger partial charge in [-0.1, -0.05) is 78.9 Å². The maximum absolute atomic E-state index is 10.6. The van der Waals surface area contributed by atoms with E-state index in [1.54, 1.807) is 0 Å². The van der Waals surface area contributed by atoms with E-state index in [0.717, 1.165) is 44.7 Å². The maximum atomic E-state index is 10.6. The monoisotopic (exact) mass is 593 g/mol. The Morgan fingerprint density at radius 2 is 1.53 bits per heavy atom. The zero-order valence-corrected chi connectivity index (χ0v) is 24.1. The van der Waals surface area contributed by atoms with Crippen LogP contribution in [0.1, 0.15) is 48.3 Å². The van der Waals surface area contributed by atoms with Crippen LogP contribution in [-0.2, 0) is 22.6 Å². The third kappa shape index (κ3) is 10.4. The van der Waals surface area contributed by atoms with E-state index in [0.29, 0.717) is 12.5 Å². The number of benzene rings is 4. The summed E-state index contributed by atoms with van der Waals surface area (Å²) in [5, 5.41) is 13.2. The number of halogens is 3. The first kappa shape index (κ1) is 32.0. The van der Waals surface area contributed by atoms with Gasteiger partial charge >= 0.3 is 12.1 Å². The highest BCUT2D eigenvalue weighted by molar-refractivity contribution is 5.82. The van der Waals surface area contributed by atoms with Crippen molar-refractivity contribution in [1.82, 2.24) is 5.32 Å². The summed E-state index contributed by atoms with van der Waals surface area (Å²) in [6.07, 6.45) is 0.815. The second kappa shape index (κ2) is 16.1. The normalized spacial score (nSPS) is 16.7. The minimum atomic E-state index is -5.08. The largest absolute Gasteiger partial charge is 0.494 e. The number of piperidine rings is 1. The van der Waals surface area contributed by atoms with E-state index in [9.17, 15) is 13.2 Å². The van der Waals surface area contributed by atoms with Gasteiger partial charge in [0.1, 0.15) is 5.75 Å². The number of carboxylic acids is 1. The number of aliphatic carboxylic acids is 1. The third-order valence-electron chi connectivity index (χ3n) is 7.48. The number of nitrogens with one attached hydrogen (secondary N) is 1. The second-order valence-electron chi connectivity index (χ2n) is 10.6. The van der Waals surface area contributed by atoms with Crippen molar-refractivity contribution in [3.05, 3.63) is 114 Å². The van der Waals surface area contributed by atoms with Crippen LogP contribution in [0.2, 0.25) is 0 Å². The lowest BCUT2D eigenvalue weighted by molar-refractivity contribution is -0.192. The topological polar surface area (TPSA) is 67.8 Å². The summed E-state index contributed by atoms with van der Waals surface area (Å²) in [5.74, 6) is -1.39. The highest BCUT2D eigenvalue weighted by atomic mass is 19.4. The van der Waals surface area contributed by atoms with Gasteiger partial charge in [-0.3, -0.25) is 0 Å². The number of hydrogen-bond acceptors (Lipinski definition) is 4. The standard InChI is InChI=1S/C33H37NO2.C2HF3O2/c1-3-9-26(10-4-1)11-5-2-8-22-35-31-18-16-29(17-19-31)32-20-21-34-24-33(32)36-25-27-14-15-28-12-6-7-13-30(28)23-27;3-2(4,5)1(6)7/h1,3-4,6-7,9-10,12-19,23,32-34H,2,5,8,11,20-22,24-25H2;(H,6,7). The molecule has 1 saturated heterocycles. The summed E-state index contributed by atoms with van der Waals surface area (Å²) in [6.45, 7) is 3.33. The van der Waals surface area contributed by atoms with Gasteiger partial charge < -0.3 is 19.9 Å². The van der Waals surface area contributed by atoms with Crippen molar-refractivity contribution in [2.45, 2.75) is 56.9 Å². The number of rotatable bonds is 11. The van der Waals surface area contributed by atoms with Gasteiger partial charge in [-0.25, -0.2) is 4.79 Å². The number of unbranched alkanes of at least 4 members (excludes halogenated alkanes) is 2. The van der Waals surface area contributed by atoms with E-state index >= 15 is 0 Å². The smallest absolute Gasteiger partial charge is 0.490 e. The van der Waals surface area contributed by atoms with Gasteiger partial charge in [0.05, 0.1) is 19.3 Å². The highest BCUT2D eigenvalue weighted by Crippen LogP contribution is 2.30. The van der Waals surface area contributed by atoms with Gasteiger partial charge in [0.25, 0.3) is 0 Å². The average molecular weight is 594 g/mol. The number of carboxylic acid groups (broad SMARTS) is 1. The molecule has 1 heterocycles. The molecule has 1 aliphatic rings. The predicted octanol–water partition coefficient (Wildman–Crippen LogP) is 7.93. The Morgan fingerprint density at radius 1 is 0.837 bits per heavy atom. The molecule has 0 radical (unpaired) electrons. The van der Waals surface area contributed by atoms with Crippen LogP contribution in [0.4, 0.5) is 13.2 Å². The lowest BCUT2D eigenvalue weighted by Gasteiger charge is -2.32. The highest BCUT2D eigenvalue weighted by Gasteiger charge is 2.38.